The van der Waals surface area contributed by atoms with Gasteiger partial charge in [-0.2, -0.15) is 5.10 Å². The second-order valence-electron chi connectivity index (χ2n) is 3.94. The number of aryl methyl sites for hydroxylation is 1. The Morgan fingerprint density at radius 3 is 3.11 bits per heavy atom. The van der Waals surface area contributed by atoms with Gasteiger partial charge in [0.15, 0.2) is 0 Å². The van der Waals surface area contributed by atoms with Crippen LogP contribution in [0.4, 0.5) is 0 Å². The second kappa shape index (κ2) is 4.59. The van der Waals surface area contributed by atoms with E-state index in [9.17, 15) is 0 Å². The Balaban J connectivity index is 1.89. The quantitative estimate of drug-likeness (QED) is 0.797. The lowest BCUT2D eigenvalue weighted by Crippen LogP contribution is -1.97. The van der Waals surface area contributed by atoms with E-state index in [2.05, 4.69) is 15.2 Å². The zero-order valence-corrected chi connectivity index (χ0v) is 11.2. The van der Waals surface area contributed by atoms with Gasteiger partial charge in [-0.25, -0.2) is 4.98 Å². The predicted molar refractivity (Wildman–Crippen MR) is 72.3 cm³/mol. The number of halogens is 1. The fourth-order valence-electron chi connectivity index (χ4n) is 1.73. The Labute approximate surface area is 113 Å². The summed E-state index contributed by atoms with van der Waals surface area (Å²) in [7, 11) is 0. The molecule has 92 valence electrons. The van der Waals surface area contributed by atoms with E-state index >= 15 is 0 Å². The number of benzene rings is 1. The number of H-pyrrole nitrogens is 1. The lowest BCUT2D eigenvalue weighted by Gasteiger charge is -2.07. The predicted octanol–water partition coefficient (Wildman–Crippen LogP) is 3.56. The van der Waals surface area contributed by atoms with Crippen molar-refractivity contribution in [3.8, 4) is 5.75 Å². The highest BCUT2D eigenvalue weighted by atomic mass is 35.5. The maximum atomic E-state index is 5.99. The number of thiazole rings is 1. The van der Waals surface area contributed by atoms with E-state index < -0.39 is 0 Å². The van der Waals surface area contributed by atoms with E-state index in [1.165, 1.54) is 0 Å². The van der Waals surface area contributed by atoms with Crippen molar-refractivity contribution in [1.29, 1.82) is 0 Å². The minimum absolute atomic E-state index is 0.466. The first kappa shape index (κ1) is 11.5. The first-order chi connectivity index (χ1) is 8.74. The molecule has 4 nitrogen and oxygen atoms in total. The van der Waals surface area contributed by atoms with Gasteiger partial charge in [-0.15, -0.1) is 11.3 Å². The van der Waals surface area contributed by atoms with Crippen molar-refractivity contribution < 1.29 is 4.74 Å². The Hall–Kier alpha value is -1.59. The van der Waals surface area contributed by atoms with Gasteiger partial charge in [0.1, 0.15) is 17.5 Å². The molecule has 0 saturated heterocycles. The molecule has 2 heterocycles. The molecule has 2 aromatic heterocycles. The van der Waals surface area contributed by atoms with Gasteiger partial charge in [0.25, 0.3) is 0 Å². The molecule has 1 N–H and O–H groups in total. The van der Waals surface area contributed by atoms with Crippen LogP contribution in [0.25, 0.3) is 10.9 Å². The van der Waals surface area contributed by atoms with Crippen LogP contribution in [0.1, 0.15) is 11.3 Å². The van der Waals surface area contributed by atoms with Crippen LogP contribution in [0.15, 0.2) is 23.0 Å². The van der Waals surface area contributed by atoms with Gasteiger partial charge >= 0.3 is 0 Å². The third-order valence-corrected chi connectivity index (χ3v) is 3.59. The van der Waals surface area contributed by atoms with Crippen molar-refractivity contribution in [3.63, 3.8) is 0 Å². The van der Waals surface area contributed by atoms with E-state index in [-0.39, 0.29) is 0 Å². The number of hydrogen-bond donors (Lipinski definition) is 1. The summed E-state index contributed by atoms with van der Waals surface area (Å²) in [6.07, 6.45) is 0. The third kappa shape index (κ3) is 2.07. The number of rotatable bonds is 3. The first-order valence-electron chi connectivity index (χ1n) is 5.38. The van der Waals surface area contributed by atoms with Gasteiger partial charge in [-0.1, -0.05) is 11.6 Å². The van der Waals surface area contributed by atoms with Crippen molar-refractivity contribution in [2.45, 2.75) is 13.5 Å². The Kier molecular flexibility index (Phi) is 2.93. The van der Waals surface area contributed by atoms with Crippen LogP contribution in [-0.2, 0) is 6.61 Å². The molecule has 0 aliphatic rings. The number of aromatic amines is 1. The minimum atomic E-state index is 0.466. The average Bonchev–Trinajstić information content (AvgIpc) is 2.98. The van der Waals surface area contributed by atoms with Crippen LogP contribution < -0.4 is 4.74 Å². The summed E-state index contributed by atoms with van der Waals surface area (Å²) in [6, 6.07) is 3.86. The molecule has 3 rings (SSSR count). The first-order valence-corrected chi connectivity index (χ1v) is 6.70. The van der Waals surface area contributed by atoms with Crippen LogP contribution in [0, 0.1) is 6.92 Å². The SMILES string of the molecule is Cc1cc2c(Cl)[nH]nc2cc1OCc1cscn1. The molecular formula is C12H10ClN3OS. The van der Waals surface area contributed by atoms with Gasteiger partial charge in [-0.05, 0) is 18.6 Å². The number of fused-ring (bicyclic) bond motifs is 1. The van der Waals surface area contributed by atoms with Gasteiger partial charge in [0, 0.05) is 16.8 Å². The number of hydrogen-bond acceptors (Lipinski definition) is 4. The zero-order valence-electron chi connectivity index (χ0n) is 9.61. The van der Waals surface area contributed by atoms with Crippen molar-refractivity contribution in [2.24, 2.45) is 0 Å². The molecule has 1 aromatic carbocycles. The Morgan fingerprint density at radius 1 is 1.44 bits per heavy atom. The monoisotopic (exact) mass is 279 g/mol. The van der Waals surface area contributed by atoms with Crippen LogP contribution >= 0.6 is 22.9 Å². The molecule has 3 aromatic rings. The highest BCUT2D eigenvalue weighted by molar-refractivity contribution is 7.07. The Morgan fingerprint density at radius 2 is 2.33 bits per heavy atom. The highest BCUT2D eigenvalue weighted by Gasteiger charge is 2.08. The van der Waals surface area contributed by atoms with Gasteiger partial charge in [0.2, 0.25) is 0 Å². The molecule has 0 radical (unpaired) electrons. The van der Waals surface area contributed by atoms with E-state index in [0.717, 1.165) is 27.9 Å². The molecule has 0 fully saturated rings. The summed E-state index contributed by atoms with van der Waals surface area (Å²) in [6.45, 7) is 2.45. The summed E-state index contributed by atoms with van der Waals surface area (Å²) >= 11 is 7.55. The molecule has 0 unspecified atom stereocenters. The van der Waals surface area contributed by atoms with Crippen molar-refractivity contribution in [2.75, 3.05) is 0 Å². The maximum absolute atomic E-state index is 5.99. The van der Waals surface area contributed by atoms with Crippen molar-refractivity contribution in [3.05, 3.63) is 39.4 Å². The minimum Gasteiger partial charge on any atom is -0.487 e. The molecular weight excluding hydrogens is 270 g/mol. The van der Waals surface area contributed by atoms with Crippen molar-refractivity contribution in [1.82, 2.24) is 15.2 Å². The molecule has 0 aliphatic carbocycles. The zero-order chi connectivity index (χ0) is 12.5. The molecule has 0 atom stereocenters. The molecule has 0 amide bonds. The average molecular weight is 280 g/mol. The van der Waals surface area contributed by atoms with Gasteiger partial charge < -0.3 is 4.74 Å². The summed E-state index contributed by atoms with van der Waals surface area (Å²) in [5, 5.41) is 10.3. The summed E-state index contributed by atoms with van der Waals surface area (Å²) in [5.41, 5.74) is 4.56. The second-order valence-corrected chi connectivity index (χ2v) is 5.04. The number of aromatic nitrogens is 3. The molecule has 18 heavy (non-hydrogen) atoms. The Bertz CT molecular complexity index is 678. The molecule has 0 bridgehead atoms. The fraction of sp³-hybridized carbons (Fsp3) is 0.167. The summed E-state index contributed by atoms with van der Waals surface area (Å²) in [5.74, 6) is 0.804. The van der Waals surface area contributed by atoms with Gasteiger partial charge in [-0.3, -0.25) is 5.10 Å². The summed E-state index contributed by atoms with van der Waals surface area (Å²) < 4.78 is 5.75. The molecule has 0 spiro atoms. The van der Waals surface area contributed by atoms with Crippen LogP contribution in [0.5, 0.6) is 5.75 Å². The van der Waals surface area contributed by atoms with Crippen molar-refractivity contribution >= 4 is 33.8 Å². The highest BCUT2D eigenvalue weighted by Crippen LogP contribution is 2.28. The number of nitrogens with one attached hydrogen (secondary N) is 1. The lowest BCUT2D eigenvalue weighted by molar-refractivity contribution is 0.300. The van der Waals surface area contributed by atoms with Gasteiger partial charge in [0.05, 0.1) is 16.7 Å². The largest absolute Gasteiger partial charge is 0.487 e. The topological polar surface area (TPSA) is 50.8 Å². The van der Waals surface area contributed by atoms with E-state index in [1.54, 1.807) is 16.8 Å². The standard InChI is InChI=1S/C12H10ClN3OS/c1-7-2-9-10(15-16-12(9)13)3-11(7)17-4-8-5-18-6-14-8/h2-3,5-6H,4H2,1H3,(H,15,16). The maximum Gasteiger partial charge on any atom is 0.132 e. The number of nitrogens with zero attached hydrogens (tertiary/aromatic N) is 2. The molecule has 0 saturated carbocycles. The smallest absolute Gasteiger partial charge is 0.132 e. The fourth-order valence-corrected chi connectivity index (χ4v) is 2.47. The molecule has 6 heteroatoms. The van der Waals surface area contributed by atoms with Crippen LogP contribution in [0.3, 0.4) is 0 Å². The summed E-state index contributed by atoms with van der Waals surface area (Å²) in [4.78, 5) is 4.18. The lowest BCUT2D eigenvalue weighted by atomic mass is 10.1. The van der Waals surface area contributed by atoms with E-state index in [4.69, 9.17) is 16.3 Å². The number of ether oxygens (including phenoxy) is 1. The van der Waals surface area contributed by atoms with Crippen LogP contribution in [0.2, 0.25) is 5.15 Å². The molecule has 0 aliphatic heterocycles. The van der Waals surface area contributed by atoms with Crippen LogP contribution in [-0.4, -0.2) is 15.2 Å². The van der Waals surface area contributed by atoms with E-state index in [0.29, 0.717) is 11.8 Å². The third-order valence-electron chi connectivity index (χ3n) is 2.66. The van der Waals surface area contributed by atoms with E-state index in [1.807, 2.05) is 24.4 Å². The normalized spacial score (nSPS) is 11.0.